The van der Waals surface area contributed by atoms with Crippen molar-refractivity contribution < 1.29 is 14.5 Å². The number of carbonyl (C=O) groups excluding carboxylic acids is 2. The van der Waals surface area contributed by atoms with Gasteiger partial charge in [-0.1, -0.05) is 11.6 Å². The second-order valence-electron chi connectivity index (χ2n) is 5.32. The van der Waals surface area contributed by atoms with Crippen molar-refractivity contribution in [1.82, 2.24) is 15.1 Å². The molecule has 2 amide bonds. The molecule has 0 radical (unpaired) electrons. The average molecular weight is 366 g/mol. The Morgan fingerprint density at radius 3 is 2.60 bits per heavy atom. The van der Waals surface area contributed by atoms with Crippen LogP contribution in [0.3, 0.4) is 0 Å². The Labute approximate surface area is 148 Å². The number of amides is 2. The zero-order chi connectivity index (χ0) is 18.7. The minimum Gasteiger partial charge on any atom is -0.343 e. The summed E-state index contributed by atoms with van der Waals surface area (Å²) in [6.45, 7) is 3.24. The molecule has 0 aliphatic carbocycles. The first kappa shape index (κ1) is 18.4. The van der Waals surface area contributed by atoms with Crippen LogP contribution in [0, 0.1) is 24.0 Å². The van der Waals surface area contributed by atoms with Crippen LogP contribution in [0.4, 0.5) is 11.4 Å². The zero-order valence-electron chi connectivity index (χ0n) is 13.8. The Balaban J connectivity index is 2.03. The van der Waals surface area contributed by atoms with Crippen LogP contribution in [-0.2, 0) is 11.8 Å². The van der Waals surface area contributed by atoms with E-state index >= 15 is 0 Å². The van der Waals surface area contributed by atoms with Crippen LogP contribution < -0.4 is 10.6 Å². The second kappa shape index (κ2) is 7.31. The van der Waals surface area contributed by atoms with Gasteiger partial charge in [0.15, 0.2) is 0 Å². The molecule has 0 spiro atoms. The van der Waals surface area contributed by atoms with Crippen molar-refractivity contribution in [1.29, 1.82) is 0 Å². The summed E-state index contributed by atoms with van der Waals surface area (Å²) in [6.07, 6.45) is 0. The lowest BCUT2D eigenvalue weighted by molar-refractivity contribution is -0.384. The summed E-state index contributed by atoms with van der Waals surface area (Å²) in [5.74, 6) is -1.13. The maximum Gasteiger partial charge on any atom is 0.270 e. The quantitative estimate of drug-likeness (QED) is 0.620. The van der Waals surface area contributed by atoms with Crippen LogP contribution in [0.25, 0.3) is 0 Å². The molecule has 0 aliphatic rings. The Kier molecular flexibility index (Phi) is 5.38. The molecule has 0 saturated carbocycles. The molecule has 10 heteroatoms. The van der Waals surface area contributed by atoms with E-state index in [0.29, 0.717) is 11.4 Å². The molecule has 9 nitrogen and oxygen atoms in total. The van der Waals surface area contributed by atoms with Crippen LogP contribution >= 0.6 is 11.6 Å². The molecule has 0 fully saturated rings. The number of aromatic nitrogens is 2. The molecule has 2 rings (SSSR count). The predicted octanol–water partition coefficient (Wildman–Crippen LogP) is 1.97. The molecule has 0 unspecified atom stereocenters. The first-order valence-electron chi connectivity index (χ1n) is 7.23. The fourth-order valence-electron chi connectivity index (χ4n) is 2.19. The van der Waals surface area contributed by atoms with E-state index < -0.39 is 16.7 Å². The number of benzene rings is 1. The van der Waals surface area contributed by atoms with E-state index in [4.69, 9.17) is 11.6 Å². The normalized spacial score (nSPS) is 10.4. The number of hydrogen-bond donors (Lipinski definition) is 2. The molecule has 2 N–H and O–H groups in total. The van der Waals surface area contributed by atoms with E-state index in [1.807, 2.05) is 0 Å². The maximum atomic E-state index is 12.1. The molecule has 0 atom stereocenters. The van der Waals surface area contributed by atoms with E-state index in [1.54, 1.807) is 25.6 Å². The number of rotatable bonds is 5. The Morgan fingerprint density at radius 1 is 1.36 bits per heavy atom. The van der Waals surface area contributed by atoms with E-state index in [-0.39, 0.29) is 22.8 Å². The third-order valence-corrected chi connectivity index (χ3v) is 3.92. The minimum atomic E-state index is -0.677. The molecule has 132 valence electrons. The molecule has 2 aromatic rings. The molecule has 0 saturated heterocycles. The highest BCUT2D eigenvalue weighted by Crippen LogP contribution is 2.22. The van der Waals surface area contributed by atoms with Crippen molar-refractivity contribution in [2.75, 3.05) is 11.9 Å². The summed E-state index contributed by atoms with van der Waals surface area (Å²) < 4.78 is 1.63. The molecule has 0 bridgehead atoms. The topological polar surface area (TPSA) is 119 Å². The predicted molar refractivity (Wildman–Crippen MR) is 91.8 cm³/mol. The van der Waals surface area contributed by atoms with Crippen LogP contribution in [0.1, 0.15) is 21.7 Å². The highest BCUT2D eigenvalue weighted by atomic mass is 35.5. The molecular formula is C15H16ClN5O4. The van der Waals surface area contributed by atoms with E-state index in [1.165, 1.54) is 12.1 Å². The zero-order valence-corrected chi connectivity index (χ0v) is 14.5. The highest BCUT2D eigenvalue weighted by molar-refractivity contribution is 6.34. The number of carbonyl (C=O) groups is 2. The Bertz CT molecular complexity index is 862. The maximum absolute atomic E-state index is 12.1. The molecule has 1 aromatic heterocycles. The average Bonchev–Trinajstić information content (AvgIpc) is 2.79. The summed E-state index contributed by atoms with van der Waals surface area (Å²) in [4.78, 5) is 34.3. The van der Waals surface area contributed by atoms with Crippen LogP contribution in [-0.4, -0.2) is 33.1 Å². The minimum absolute atomic E-state index is 0.0578. The number of aryl methyl sites for hydroxylation is 2. The van der Waals surface area contributed by atoms with Crippen molar-refractivity contribution in [3.8, 4) is 0 Å². The van der Waals surface area contributed by atoms with Gasteiger partial charge in [0, 0.05) is 19.2 Å². The Hall–Kier alpha value is -2.94. The van der Waals surface area contributed by atoms with E-state index in [9.17, 15) is 19.7 Å². The number of hydrogen-bond acceptors (Lipinski definition) is 5. The fourth-order valence-corrected chi connectivity index (χ4v) is 2.40. The number of nitro groups is 1. The number of non-ortho nitro benzene ring substituents is 1. The number of nitrogens with zero attached hydrogens (tertiary/aromatic N) is 3. The number of halogens is 1. The lowest BCUT2D eigenvalue weighted by Gasteiger charge is -2.08. The third-order valence-electron chi connectivity index (χ3n) is 3.59. The van der Waals surface area contributed by atoms with Gasteiger partial charge in [0.1, 0.15) is 0 Å². The standard InChI is InChI=1S/C15H16ClN5O4/c1-8-14(9(2)20(3)19-8)18-13(22)7-17-15(23)11-6-10(21(24)25)4-5-12(11)16/h4-6H,7H2,1-3H3,(H,17,23)(H,18,22). The molecule has 0 aliphatic heterocycles. The number of nitrogens with one attached hydrogen (secondary N) is 2. The third kappa shape index (κ3) is 4.13. The van der Waals surface area contributed by atoms with E-state index in [2.05, 4.69) is 15.7 Å². The van der Waals surface area contributed by atoms with Crippen molar-refractivity contribution in [3.63, 3.8) is 0 Å². The summed E-state index contributed by atoms with van der Waals surface area (Å²) in [7, 11) is 1.75. The van der Waals surface area contributed by atoms with Gasteiger partial charge >= 0.3 is 0 Å². The summed E-state index contributed by atoms with van der Waals surface area (Å²) in [5, 5.41) is 20.1. The lowest BCUT2D eigenvalue weighted by atomic mass is 10.2. The van der Waals surface area contributed by atoms with Gasteiger partial charge in [-0.25, -0.2) is 0 Å². The molecule has 25 heavy (non-hydrogen) atoms. The van der Waals surface area contributed by atoms with Gasteiger partial charge in [0.2, 0.25) is 5.91 Å². The summed E-state index contributed by atoms with van der Waals surface area (Å²) in [6, 6.07) is 3.52. The lowest BCUT2D eigenvalue weighted by Crippen LogP contribution is -2.33. The van der Waals surface area contributed by atoms with Crippen molar-refractivity contribution in [2.24, 2.45) is 7.05 Å². The van der Waals surface area contributed by atoms with Crippen molar-refractivity contribution in [2.45, 2.75) is 13.8 Å². The molecular weight excluding hydrogens is 350 g/mol. The van der Waals surface area contributed by atoms with Crippen LogP contribution in [0.2, 0.25) is 5.02 Å². The second-order valence-corrected chi connectivity index (χ2v) is 5.73. The monoisotopic (exact) mass is 365 g/mol. The fraction of sp³-hybridized carbons (Fsp3) is 0.267. The van der Waals surface area contributed by atoms with Crippen LogP contribution in [0.15, 0.2) is 18.2 Å². The molecule has 1 aromatic carbocycles. The SMILES string of the molecule is Cc1nn(C)c(C)c1NC(=O)CNC(=O)c1cc([N+](=O)[O-])ccc1Cl. The van der Waals surface area contributed by atoms with Gasteiger partial charge in [-0.3, -0.25) is 24.4 Å². The number of nitro benzene ring substituents is 1. The highest BCUT2D eigenvalue weighted by Gasteiger charge is 2.17. The summed E-state index contributed by atoms with van der Waals surface area (Å²) >= 11 is 5.89. The van der Waals surface area contributed by atoms with Crippen molar-refractivity contribution in [3.05, 3.63) is 50.3 Å². The van der Waals surface area contributed by atoms with Gasteiger partial charge in [0.05, 0.1) is 39.1 Å². The smallest absolute Gasteiger partial charge is 0.270 e. The first-order valence-corrected chi connectivity index (χ1v) is 7.60. The number of anilines is 1. The van der Waals surface area contributed by atoms with Gasteiger partial charge in [-0.15, -0.1) is 0 Å². The summed E-state index contributed by atoms with van der Waals surface area (Å²) in [5.41, 5.74) is 1.67. The van der Waals surface area contributed by atoms with Gasteiger partial charge in [0.25, 0.3) is 11.6 Å². The van der Waals surface area contributed by atoms with Crippen molar-refractivity contribution >= 4 is 34.8 Å². The van der Waals surface area contributed by atoms with E-state index in [0.717, 1.165) is 11.8 Å². The first-order chi connectivity index (χ1) is 11.7. The van der Waals surface area contributed by atoms with Gasteiger partial charge in [-0.2, -0.15) is 5.10 Å². The van der Waals surface area contributed by atoms with Gasteiger partial charge < -0.3 is 10.6 Å². The Morgan fingerprint density at radius 2 is 2.04 bits per heavy atom. The molecule has 1 heterocycles. The largest absolute Gasteiger partial charge is 0.343 e. The van der Waals surface area contributed by atoms with Gasteiger partial charge in [-0.05, 0) is 19.9 Å². The van der Waals surface area contributed by atoms with Crippen LogP contribution in [0.5, 0.6) is 0 Å².